The van der Waals surface area contributed by atoms with E-state index in [1.54, 1.807) is 0 Å². The molecule has 26 heavy (non-hydrogen) atoms. The predicted molar refractivity (Wildman–Crippen MR) is 105 cm³/mol. The van der Waals surface area contributed by atoms with E-state index in [0.717, 1.165) is 36.7 Å². The molecule has 148 valence electrons. The maximum Gasteiger partial charge on any atom is 0.157 e. The number of hydrogen-bond acceptors (Lipinski definition) is 2. The zero-order valence-electron chi connectivity index (χ0n) is 17.2. The second-order valence-corrected chi connectivity index (χ2v) is 11.1. The van der Waals surface area contributed by atoms with Gasteiger partial charge >= 0.3 is 0 Å². The van der Waals surface area contributed by atoms with Gasteiger partial charge in [0, 0.05) is 6.61 Å². The highest BCUT2D eigenvalue weighted by Gasteiger charge is 2.57. The minimum atomic E-state index is 0.100. The normalized spacial score (nSPS) is 54.2. The summed E-state index contributed by atoms with van der Waals surface area (Å²) in [6.07, 6.45) is 18.7. The lowest BCUT2D eigenvalue weighted by Gasteiger charge is -2.60. The number of fused-ring (bicyclic) bond motifs is 5. The Labute approximate surface area is 160 Å². The summed E-state index contributed by atoms with van der Waals surface area (Å²) >= 11 is 0. The third kappa shape index (κ3) is 2.89. The Morgan fingerprint density at radius 2 is 1.73 bits per heavy atom. The smallest absolute Gasteiger partial charge is 0.157 e. The van der Waals surface area contributed by atoms with Crippen LogP contribution in [0.1, 0.15) is 97.3 Å². The molecule has 1 heterocycles. The molecule has 0 N–H and O–H groups in total. The molecule has 3 unspecified atom stereocenters. The molecule has 0 bridgehead atoms. The molecule has 5 fully saturated rings. The van der Waals surface area contributed by atoms with Crippen molar-refractivity contribution >= 4 is 0 Å². The summed E-state index contributed by atoms with van der Waals surface area (Å²) in [5.74, 6) is 3.99. The van der Waals surface area contributed by atoms with Crippen molar-refractivity contribution in [1.82, 2.24) is 0 Å². The Balaban J connectivity index is 1.27. The first kappa shape index (κ1) is 18.0. The van der Waals surface area contributed by atoms with Crippen molar-refractivity contribution < 1.29 is 9.47 Å². The van der Waals surface area contributed by atoms with Crippen molar-refractivity contribution in [2.24, 2.45) is 34.5 Å². The molecular weight excluding hydrogens is 320 g/mol. The summed E-state index contributed by atoms with van der Waals surface area (Å²) < 4.78 is 12.3. The van der Waals surface area contributed by atoms with Crippen LogP contribution in [0.2, 0.25) is 0 Å². The summed E-state index contributed by atoms with van der Waals surface area (Å²) in [5, 5.41) is 0. The van der Waals surface area contributed by atoms with E-state index in [-0.39, 0.29) is 6.29 Å². The molecular formula is C24H40O2. The van der Waals surface area contributed by atoms with Crippen LogP contribution in [0, 0.1) is 34.5 Å². The largest absolute Gasteiger partial charge is 0.353 e. The van der Waals surface area contributed by atoms with Crippen LogP contribution in [-0.4, -0.2) is 19.0 Å². The third-order valence-electron chi connectivity index (χ3n) is 9.88. The van der Waals surface area contributed by atoms with Gasteiger partial charge in [0.15, 0.2) is 6.29 Å². The number of rotatable bonds is 2. The molecule has 0 radical (unpaired) electrons. The van der Waals surface area contributed by atoms with Gasteiger partial charge in [-0.2, -0.15) is 0 Å². The van der Waals surface area contributed by atoms with E-state index >= 15 is 0 Å². The van der Waals surface area contributed by atoms with Gasteiger partial charge in [-0.15, -0.1) is 0 Å². The van der Waals surface area contributed by atoms with Gasteiger partial charge in [0.25, 0.3) is 0 Å². The maximum absolute atomic E-state index is 6.43. The molecule has 2 heteroatoms. The molecule has 5 aliphatic rings. The fraction of sp³-hybridized carbons (Fsp3) is 1.00. The van der Waals surface area contributed by atoms with E-state index in [0.29, 0.717) is 16.9 Å². The standard InChI is InChI=1S/C24H40O2/c1-23-12-5-6-20(23)19-9-8-17-16-18(26-22-7-3-4-15-25-22)10-14-24(17,2)21(19)11-13-23/h17-22H,3-16H2,1-2H3/t17?,18?,19-,20-,21-,22?,23-,24-/m0/s1. The van der Waals surface area contributed by atoms with E-state index in [2.05, 4.69) is 13.8 Å². The van der Waals surface area contributed by atoms with Gasteiger partial charge in [0.1, 0.15) is 0 Å². The summed E-state index contributed by atoms with van der Waals surface area (Å²) in [5.41, 5.74) is 1.29. The summed E-state index contributed by atoms with van der Waals surface area (Å²) in [7, 11) is 0. The lowest BCUT2D eigenvalue weighted by atomic mass is 9.45. The Morgan fingerprint density at radius 1 is 0.808 bits per heavy atom. The monoisotopic (exact) mass is 360 g/mol. The topological polar surface area (TPSA) is 18.5 Å². The highest BCUT2D eigenvalue weighted by Crippen LogP contribution is 2.66. The van der Waals surface area contributed by atoms with Gasteiger partial charge < -0.3 is 9.47 Å². The van der Waals surface area contributed by atoms with Crippen molar-refractivity contribution in [3.63, 3.8) is 0 Å². The quantitative estimate of drug-likeness (QED) is 0.536. The molecule has 1 aliphatic heterocycles. The minimum Gasteiger partial charge on any atom is -0.353 e. The van der Waals surface area contributed by atoms with E-state index < -0.39 is 0 Å². The maximum atomic E-state index is 6.43. The predicted octanol–water partition coefficient (Wildman–Crippen LogP) is 6.33. The van der Waals surface area contributed by atoms with Gasteiger partial charge in [-0.3, -0.25) is 0 Å². The molecule has 1 saturated heterocycles. The molecule has 5 rings (SSSR count). The Hall–Kier alpha value is -0.0800. The molecule has 0 amide bonds. The van der Waals surface area contributed by atoms with Crippen molar-refractivity contribution in [2.45, 2.75) is 110 Å². The first-order valence-electron chi connectivity index (χ1n) is 11.9. The highest BCUT2D eigenvalue weighted by atomic mass is 16.7. The molecule has 4 saturated carbocycles. The van der Waals surface area contributed by atoms with Crippen LogP contribution in [0.5, 0.6) is 0 Å². The van der Waals surface area contributed by atoms with Crippen LogP contribution in [-0.2, 0) is 9.47 Å². The molecule has 0 aromatic heterocycles. The molecule has 0 aromatic rings. The molecule has 2 nitrogen and oxygen atoms in total. The van der Waals surface area contributed by atoms with Crippen LogP contribution in [0.25, 0.3) is 0 Å². The van der Waals surface area contributed by atoms with Crippen molar-refractivity contribution in [3.05, 3.63) is 0 Å². The lowest BCUT2D eigenvalue weighted by Crippen LogP contribution is -2.53. The van der Waals surface area contributed by atoms with Gasteiger partial charge in [-0.05, 0) is 112 Å². The Morgan fingerprint density at radius 3 is 2.58 bits per heavy atom. The lowest BCUT2D eigenvalue weighted by molar-refractivity contribution is -0.211. The van der Waals surface area contributed by atoms with Gasteiger partial charge in [0.2, 0.25) is 0 Å². The van der Waals surface area contributed by atoms with Crippen molar-refractivity contribution in [2.75, 3.05) is 6.61 Å². The number of hydrogen-bond donors (Lipinski definition) is 0. The van der Waals surface area contributed by atoms with E-state index in [4.69, 9.17) is 9.47 Å². The van der Waals surface area contributed by atoms with Crippen LogP contribution >= 0.6 is 0 Å². The zero-order chi connectivity index (χ0) is 17.8. The van der Waals surface area contributed by atoms with Gasteiger partial charge in [0.05, 0.1) is 6.10 Å². The fourth-order valence-electron chi connectivity index (χ4n) is 8.37. The van der Waals surface area contributed by atoms with Gasteiger partial charge in [-0.25, -0.2) is 0 Å². The first-order valence-corrected chi connectivity index (χ1v) is 11.9. The van der Waals surface area contributed by atoms with Crippen LogP contribution in [0.4, 0.5) is 0 Å². The van der Waals surface area contributed by atoms with Crippen LogP contribution < -0.4 is 0 Å². The Bertz CT molecular complexity index is 512. The zero-order valence-corrected chi connectivity index (χ0v) is 17.2. The molecule has 8 atom stereocenters. The van der Waals surface area contributed by atoms with Gasteiger partial charge in [-0.1, -0.05) is 20.3 Å². The average Bonchev–Trinajstić information content (AvgIpc) is 3.05. The first-order chi connectivity index (χ1) is 12.6. The minimum absolute atomic E-state index is 0.100. The highest BCUT2D eigenvalue weighted by molar-refractivity contribution is 5.07. The van der Waals surface area contributed by atoms with Crippen LogP contribution in [0.15, 0.2) is 0 Å². The number of ether oxygens (including phenoxy) is 2. The molecule has 0 aromatic carbocycles. The average molecular weight is 361 g/mol. The second kappa shape index (κ2) is 6.76. The SMILES string of the molecule is C[C@@]12CCC[C@H]1[C@@H]1CCC3CC(OC4CCCCO4)CC[C@]3(C)[C@H]1CC2. The van der Waals surface area contributed by atoms with Crippen molar-refractivity contribution in [3.8, 4) is 0 Å². The van der Waals surface area contributed by atoms with Crippen LogP contribution in [0.3, 0.4) is 0 Å². The Kier molecular flexibility index (Phi) is 4.68. The summed E-state index contributed by atoms with van der Waals surface area (Å²) in [4.78, 5) is 0. The van der Waals surface area contributed by atoms with E-state index in [9.17, 15) is 0 Å². The van der Waals surface area contributed by atoms with E-state index in [1.807, 2.05) is 0 Å². The second-order valence-electron chi connectivity index (χ2n) is 11.1. The fourth-order valence-corrected chi connectivity index (χ4v) is 8.37. The van der Waals surface area contributed by atoms with E-state index in [1.165, 1.54) is 77.0 Å². The molecule has 4 aliphatic carbocycles. The molecule has 0 spiro atoms. The summed E-state index contributed by atoms with van der Waals surface area (Å²) in [6, 6.07) is 0. The van der Waals surface area contributed by atoms with Crippen molar-refractivity contribution in [1.29, 1.82) is 0 Å². The third-order valence-corrected chi connectivity index (χ3v) is 9.88. The summed E-state index contributed by atoms with van der Waals surface area (Å²) in [6.45, 7) is 6.21.